The highest BCUT2D eigenvalue weighted by Crippen LogP contribution is 2.27. The van der Waals surface area contributed by atoms with Gasteiger partial charge in [-0.15, -0.1) is 0 Å². The van der Waals surface area contributed by atoms with Crippen LogP contribution in [0.25, 0.3) is 0 Å². The summed E-state index contributed by atoms with van der Waals surface area (Å²) in [5.41, 5.74) is 3.70. The van der Waals surface area contributed by atoms with Gasteiger partial charge in [-0.1, -0.05) is 30.3 Å². The second-order valence-electron chi connectivity index (χ2n) is 7.10. The quantitative estimate of drug-likeness (QED) is 0.839. The van der Waals surface area contributed by atoms with Crippen LogP contribution in [0.5, 0.6) is 11.5 Å². The largest absolute Gasteiger partial charge is 0.493 e. The highest BCUT2D eigenvalue weighted by molar-refractivity contribution is 5.79. The average Bonchev–Trinajstić information content (AvgIpc) is 2.70. The normalized spacial score (nSPS) is 14.9. The first-order valence-corrected chi connectivity index (χ1v) is 9.47. The van der Waals surface area contributed by atoms with Gasteiger partial charge in [0.2, 0.25) is 5.91 Å². The summed E-state index contributed by atoms with van der Waals surface area (Å²) in [4.78, 5) is 16.2. The average molecular weight is 369 g/mol. The Labute approximate surface area is 161 Å². The number of rotatable bonds is 6. The number of ether oxygens (including phenoxy) is 2. The van der Waals surface area contributed by atoms with Gasteiger partial charge in [0.25, 0.3) is 0 Å². The minimum Gasteiger partial charge on any atom is -0.493 e. The maximum atomic E-state index is 12.7. The Bertz CT molecular complexity index is 783. The van der Waals surface area contributed by atoms with Crippen molar-refractivity contribution in [2.24, 2.45) is 0 Å². The Morgan fingerprint density at radius 3 is 2.41 bits per heavy atom. The smallest absolute Gasteiger partial charge is 0.227 e. The Balaban J connectivity index is 1.53. The zero-order chi connectivity index (χ0) is 19.2. The fourth-order valence-electron chi connectivity index (χ4n) is 3.60. The van der Waals surface area contributed by atoms with Crippen LogP contribution < -0.4 is 14.4 Å². The van der Waals surface area contributed by atoms with E-state index in [1.54, 1.807) is 19.1 Å². The summed E-state index contributed by atoms with van der Waals surface area (Å²) in [7, 11) is 3.22. The van der Waals surface area contributed by atoms with Crippen molar-refractivity contribution in [3.8, 4) is 11.5 Å². The lowest BCUT2D eigenvalue weighted by molar-refractivity contribution is -0.917. The fraction of sp³-hybridized carbons (Fsp3) is 0.409. The first-order chi connectivity index (χ1) is 13.1. The maximum absolute atomic E-state index is 12.7. The molecule has 0 radical (unpaired) electrons. The van der Waals surface area contributed by atoms with Crippen LogP contribution in [0.15, 0.2) is 42.5 Å². The number of nitrogens with one attached hydrogen (secondary N) is 1. The molecule has 2 aromatic carbocycles. The molecular weight excluding hydrogens is 340 g/mol. The number of aryl methyl sites for hydroxylation is 1. The van der Waals surface area contributed by atoms with Crippen molar-refractivity contribution < 1.29 is 19.2 Å². The van der Waals surface area contributed by atoms with Crippen LogP contribution in [0, 0.1) is 6.92 Å². The van der Waals surface area contributed by atoms with Gasteiger partial charge in [-0.2, -0.15) is 0 Å². The number of carbonyl (C=O) groups is 1. The molecule has 27 heavy (non-hydrogen) atoms. The first kappa shape index (κ1) is 19.2. The molecule has 0 spiro atoms. The fourth-order valence-corrected chi connectivity index (χ4v) is 3.60. The van der Waals surface area contributed by atoms with Crippen molar-refractivity contribution >= 4 is 5.91 Å². The van der Waals surface area contributed by atoms with E-state index in [1.165, 1.54) is 11.1 Å². The molecular formula is C22H29N2O3+. The zero-order valence-corrected chi connectivity index (χ0v) is 16.5. The van der Waals surface area contributed by atoms with E-state index < -0.39 is 0 Å². The molecule has 0 aromatic heterocycles. The molecule has 0 saturated carbocycles. The summed E-state index contributed by atoms with van der Waals surface area (Å²) < 4.78 is 10.6. The molecule has 0 bridgehead atoms. The SMILES string of the molecule is COc1ccc(CC(=O)N2CC[NH+](Cc3ccccc3C)CC2)cc1OC. The van der Waals surface area contributed by atoms with Gasteiger partial charge in [0.1, 0.15) is 6.54 Å². The van der Waals surface area contributed by atoms with Gasteiger partial charge in [-0.05, 0) is 30.2 Å². The Morgan fingerprint density at radius 2 is 1.74 bits per heavy atom. The van der Waals surface area contributed by atoms with Gasteiger partial charge in [0, 0.05) is 5.56 Å². The third-order valence-corrected chi connectivity index (χ3v) is 5.33. The van der Waals surface area contributed by atoms with E-state index in [2.05, 4.69) is 31.2 Å². The Morgan fingerprint density at radius 1 is 1.04 bits per heavy atom. The molecule has 1 heterocycles. The molecule has 1 amide bonds. The Hall–Kier alpha value is -2.53. The molecule has 1 N–H and O–H groups in total. The van der Waals surface area contributed by atoms with Crippen LogP contribution in [0.1, 0.15) is 16.7 Å². The van der Waals surface area contributed by atoms with Crippen LogP contribution >= 0.6 is 0 Å². The lowest BCUT2D eigenvalue weighted by Crippen LogP contribution is -3.13. The lowest BCUT2D eigenvalue weighted by atomic mass is 10.1. The minimum absolute atomic E-state index is 0.178. The lowest BCUT2D eigenvalue weighted by Gasteiger charge is -2.32. The van der Waals surface area contributed by atoms with Crippen molar-refractivity contribution in [1.82, 2.24) is 4.90 Å². The highest BCUT2D eigenvalue weighted by atomic mass is 16.5. The topological polar surface area (TPSA) is 43.2 Å². The van der Waals surface area contributed by atoms with E-state index in [4.69, 9.17) is 9.47 Å². The summed E-state index contributed by atoms with van der Waals surface area (Å²) in [5.74, 6) is 1.52. The molecule has 1 fully saturated rings. The van der Waals surface area contributed by atoms with Gasteiger partial charge in [0.15, 0.2) is 11.5 Å². The summed E-state index contributed by atoms with van der Waals surface area (Å²) in [6.45, 7) is 6.81. The second kappa shape index (κ2) is 8.91. The van der Waals surface area contributed by atoms with Crippen molar-refractivity contribution in [3.05, 3.63) is 59.2 Å². The molecule has 0 unspecified atom stereocenters. The van der Waals surface area contributed by atoms with Gasteiger partial charge < -0.3 is 19.3 Å². The van der Waals surface area contributed by atoms with Crippen LogP contribution in [0.3, 0.4) is 0 Å². The third kappa shape index (κ3) is 4.80. The molecule has 0 atom stereocenters. The van der Waals surface area contributed by atoms with Crippen molar-refractivity contribution in [2.45, 2.75) is 19.9 Å². The maximum Gasteiger partial charge on any atom is 0.227 e. The molecule has 1 aliphatic rings. The molecule has 0 aliphatic carbocycles. The standard InChI is InChI=1S/C22H28N2O3/c1-17-6-4-5-7-19(17)16-23-10-12-24(13-11-23)22(25)15-18-8-9-20(26-2)21(14-18)27-3/h4-9,14H,10-13,15-16H2,1-3H3/p+1. The highest BCUT2D eigenvalue weighted by Gasteiger charge is 2.24. The predicted octanol–water partition coefficient (Wildman–Crippen LogP) is 1.48. The van der Waals surface area contributed by atoms with E-state index in [0.29, 0.717) is 17.9 Å². The van der Waals surface area contributed by atoms with Gasteiger partial charge >= 0.3 is 0 Å². The second-order valence-corrected chi connectivity index (χ2v) is 7.10. The van der Waals surface area contributed by atoms with Crippen LogP contribution in [0.4, 0.5) is 0 Å². The predicted molar refractivity (Wildman–Crippen MR) is 105 cm³/mol. The number of piperazine rings is 1. The number of carbonyl (C=O) groups excluding carboxylic acids is 1. The van der Waals surface area contributed by atoms with E-state index in [9.17, 15) is 4.79 Å². The van der Waals surface area contributed by atoms with Gasteiger partial charge in [-0.3, -0.25) is 4.79 Å². The zero-order valence-electron chi connectivity index (χ0n) is 16.5. The van der Waals surface area contributed by atoms with Crippen molar-refractivity contribution in [1.29, 1.82) is 0 Å². The van der Waals surface area contributed by atoms with Crippen molar-refractivity contribution in [3.63, 3.8) is 0 Å². The number of hydrogen-bond donors (Lipinski definition) is 1. The molecule has 1 aliphatic heterocycles. The monoisotopic (exact) mass is 369 g/mol. The Kier molecular flexibility index (Phi) is 6.35. The summed E-state index contributed by atoms with van der Waals surface area (Å²) in [5, 5.41) is 0. The molecule has 3 rings (SSSR count). The molecule has 144 valence electrons. The van der Waals surface area contributed by atoms with Crippen molar-refractivity contribution in [2.75, 3.05) is 40.4 Å². The van der Waals surface area contributed by atoms with E-state index in [1.807, 2.05) is 23.1 Å². The van der Waals surface area contributed by atoms with E-state index in [-0.39, 0.29) is 5.91 Å². The van der Waals surface area contributed by atoms with E-state index in [0.717, 1.165) is 38.3 Å². The number of hydrogen-bond acceptors (Lipinski definition) is 3. The summed E-state index contributed by atoms with van der Waals surface area (Å²) in [6, 6.07) is 14.2. The number of amides is 1. The number of benzene rings is 2. The number of quaternary nitrogens is 1. The van der Waals surface area contributed by atoms with Crippen LogP contribution in [-0.2, 0) is 17.8 Å². The van der Waals surface area contributed by atoms with Gasteiger partial charge in [0.05, 0.1) is 46.8 Å². The number of nitrogens with zero attached hydrogens (tertiary/aromatic N) is 1. The number of methoxy groups -OCH3 is 2. The summed E-state index contributed by atoms with van der Waals surface area (Å²) >= 11 is 0. The first-order valence-electron chi connectivity index (χ1n) is 9.47. The van der Waals surface area contributed by atoms with E-state index >= 15 is 0 Å². The third-order valence-electron chi connectivity index (χ3n) is 5.33. The minimum atomic E-state index is 0.178. The molecule has 1 saturated heterocycles. The molecule has 5 nitrogen and oxygen atoms in total. The molecule has 2 aromatic rings. The van der Waals surface area contributed by atoms with Gasteiger partial charge in [-0.25, -0.2) is 0 Å². The summed E-state index contributed by atoms with van der Waals surface area (Å²) in [6.07, 6.45) is 0.396. The molecule has 5 heteroatoms. The van der Waals surface area contributed by atoms with Crippen LogP contribution in [0.2, 0.25) is 0 Å². The van der Waals surface area contributed by atoms with Crippen LogP contribution in [-0.4, -0.2) is 51.2 Å².